The van der Waals surface area contributed by atoms with Crippen molar-refractivity contribution in [1.82, 2.24) is 16.0 Å². The van der Waals surface area contributed by atoms with Gasteiger partial charge in [-0.15, -0.1) is 0 Å². The molecule has 8 N–H and O–H groups in total. The third kappa shape index (κ3) is 12.2. The lowest BCUT2D eigenvalue weighted by atomic mass is 9.84. The zero-order valence-corrected chi connectivity index (χ0v) is 23.0. The first-order chi connectivity index (χ1) is 18.0. The van der Waals surface area contributed by atoms with Gasteiger partial charge in [-0.1, -0.05) is 46.5 Å². The molecule has 0 radical (unpaired) electrons. The number of carbonyl (C=O) groups is 5. The molecule has 218 valence electrons. The van der Waals surface area contributed by atoms with Gasteiger partial charge in [-0.2, -0.15) is 0 Å². The van der Waals surface area contributed by atoms with Gasteiger partial charge in [-0.05, 0) is 43.9 Å². The van der Waals surface area contributed by atoms with Gasteiger partial charge >= 0.3 is 5.97 Å². The maximum atomic E-state index is 13.0. The summed E-state index contributed by atoms with van der Waals surface area (Å²) >= 11 is 0. The second-order valence-electron chi connectivity index (χ2n) is 10.4. The fraction of sp³-hybridized carbons (Fsp3) is 0.808. The molecule has 1 rings (SSSR count). The summed E-state index contributed by atoms with van der Waals surface area (Å²) in [5.74, 6) is -3.29. The van der Waals surface area contributed by atoms with Crippen LogP contribution >= 0.6 is 0 Å². The van der Waals surface area contributed by atoms with E-state index in [0.29, 0.717) is 12.8 Å². The Morgan fingerprint density at radius 2 is 1.50 bits per heavy atom. The van der Waals surface area contributed by atoms with Crippen LogP contribution in [0.25, 0.3) is 0 Å². The number of rotatable bonds is 17. The number of nitrogens with one attached hydrogen (secondary N) is 3. The second kappa shape index (κ2) is 17.7. The molecule has 12 heteroatoms. The summed E-state index contributed by atoms with van der Waals surface area (Å²) in [6.07, 6.45) is 6.22. The number of hydrogen-bond donors (Lipinski definition) is 6. The van der Waals surface area contributed by atoms with E-state index < -0.39 is 60.4 Å². The Morgan fingerprint density at radius 3 is 2.05 bits per heavy atom. The van der Waals surface area contributed by atoms with Gasteiger partial charge in [0.05, 0.1) is 19.3 Å². The summed E-state index contributed by atoms with van der Waals surface area (Å²) in [7, 11) is 0. The molecule has 12 nitrogen and oxygen atoms in total. The van der Waals surface area contributed by atoms with Gasteiger partial charge in [-0.25, -0.2) is 4.79 Å². The van der Waals surface area contributed by atoms with Gasteiger partial charge in [0.15, 0.2) is 0 Å². The predicted octanol–water partition coefficient (Wildman–Crippen LogP) is -0.00440. The van der Waals surface area contributed by atoms with E-state index in [2.05, 4.69) is 16.0 Å². The molecule has 0 bridgehead atoms. The van der Waals surface area contributed by atoms with Gasteiger partial charge in [-0.3, -0.25) is 19.2 Å². The van der Waals surface area contributed by atoms with Crippen molar-refractivity contribution in [2.75, 3.05) is 13.2 Å². The highest BCUT2D eigenvalue weighted by Gasteiger charge is 2.32. The van der Waals surface area contributed by atoms with E-state index in [4.69, 9.17) is 16.2 Å². The number of primary amides is 1. The Kier molecular flexibility index (Phi) is 15.5. The van der Waals surface area contributed by atoms with E-state index in [0.717, 1.165) is 38.5 Å². The monoisotopic (exact) mass is 541 g/mol. The Bertz CT molecular complexity index is 786. The number of carbonyl (C=O) groups excluding carboxylic acids is 5. The van der Waals surface area contributed by atoms with Crippen LogP contribution in [-0.4, -0.2) is 72.1 Å². The molecule has 0 aromatic rings. The van der Waals surface area contributed by atoms with E-state index in [1.807, 2.05) is 20.8 Å². The number of amides is 4. The minimum absolute atomic E-state index is 0.00505. The number of hydrogen-bond acceptors (Lipinski definition) is 8. The van der Waals surface area contributed by atoms with E-state index in [1.165, 1.54) is 0 Å². The molecule has 4 amide bonds. The molecule has 1 saturated carbocycles. The molecule has 1 aliphatic rings. The fourth-order valence-electron chi connectivity index (χ4n) is 4.37. The normalized spacial score (nSPS) is 17.1. The summed E-state index contributed by atoms with van der Waals surface area (Å²) in [6.45, 7) is 5.19. The molecular weight excluding hydrogens is 494 g/mol. The highest BCUT2D eigenvalue weighted by atomic mass is 16.5. The van der Waals surface area contributed by atoms with Crippen molar-refractivity contribution in [1.29, 1.82) is 0 Å². The molecule has 1 aliphatic carbocycles. The standard InChI is InChI=1S/C26H47N5O7/c1-4-5-13-38-26(37)19(14-16(2)3)30-24(35)20(15-32)31-23(34)18(11-12-21(27)33)29-25(36)22(28)17-9-7-6-8-10-17/h16-20,22,32H,4-15,28H2,1-3H3,(H2,27,33)(H,29,36)(H,30,35)(H,31,34)/t18-,19-,20-,22-/m0/s1. The summed E-state index contributed by atoms with van der Waals surface area (Å²) in [5.41, 5.74) is 11.4. The average molecular weight is 542 g/mol. The topological polar surface area (TPSA) is 203 Å². The van der Waals surface area contributed by atoms with Gasteiger partial charge < -0.3 is 37.3 Å². The largest absolute Gasteiger partial charge is 0.464 e. The molecule has 38 heavy (non-hydrogen) atoms. The fourth-order valence-corrected chi connectivity index (χ4v) is 4.37. The first-order valence-corrected chi connectivity index (χ1v) is 13.7. The lowest BCUT2D eigenvalue weighted by Crippen LogP contribution is -2.58. The molecular formula is C26H47N5O7. The van der Waals surface area contributed by atoms with E-state index in [9.17, 15) is 29.1 Å². The average Bonchev–Trinajstić information content (AvgIpc) is 2.88. The quantitative estimate of drug-likeness (QED) is 0.109. The Labute approximate surface area is 225 Å². The van der Waals surface area contributed by atoms with Crippen LogP contribution in [0.5, 0.6) is 0 Å². The van der Waals surface area contributed by atoms with Crippen molar-refractivity contribution < 1.29 is 33.8 Å². The van der Waals surface area contributed by atoms with Crippen LogP contribution in [0.1, 0.15) is 85.0 Å². The molecule has 1 fully saturated rings. The number of nitrogens with two attached hydrogens (primary N) is 2. The van der Waals surface area contributed by atoms with Gasteiger partial charge in [0.2, 0.25) is 23.6 Å². The van der Waals surface area contributed by atoms with E-state index >= 15 is 0 Å². The third-order valence-corrected chi connectivity index (χ3v) is 6.64. The third-order valence-electron chi connectivity index (χ3n) is 6.64. The van der Waals surface area contributed by atoms with Crippen molar-refractivity contribution >= 4 is 29.6 Å². The van der Waals surface area contributed by atoms with Crippen LogP contribution in [0.3, 0.4) is 0 Å². The SMILES string of the molecule is CCCCOC(=O)[C@H](CC(C)C)NC(=O)[C@H](CO)NC(=O)[C@H](CCC(N)=O)NC(=O)[C@@H](N)C1CCCCC1. The van der Waals surface area contributed by atoms with E-state index in [1.54, 1.807) is 0 Å². The van der Waals surface area contributed by atoms with Gasteiger partial charge in [0.25, 0.3) is 0 Å². The van der Waals surface area contributed by atoms with Crippen LogP contribution in [-0.2, 0) is 28.7 Å². The van der Waals surface area contributed by atoms with Crippen LogP contribution in [0.4, 0.5) is 0 Å². The number of ether oxygens (including phenoxy) is 1. The summed E-state index contributed by atoms with van der Waals surface area (Å²) in [4.78, 5) is 62.6. The summed E-state index contributed by atoms with van der Waals surface area (Å²) in [5, 5.41) is 17.4. The van der Waals surface area contributed by atoms with Crippen molar-refractivity contribution in [3.63, 3.8) is 0 Å². The highest BCUT2D eigenvalue weighted by molar-refractivity contribution is 5.94. The number of unbranched alkanes of at least 4 members (excludes halogenated alkanes) is 1. The lowest BCUT2D eigenvalue weighted by Gasteiger charge is -2.29. The number of esters is 1. The molecule has 0 heterocycles. The highest BCUT2D eigenvalue weighted by Crippen LogP contribution is 2.25. The molecule has 0 unspecified atom stereocenters. The molecule has 0 aliphatic heterocycles. The molecule has 0 saturated heterocycles. The molecule has 0 aromatic heterocycles. The molecule has 0 aromatic carbocycles. The lowest BCUT2D eigenvalue weighted by molar-refractivity contribution is -0.149. The zero-order chi connectivity index (χ0) is 28.7. The summed E-state index contributed by atoms with van der Waals surface area (Å²) in [6, 6.07) is -4.37. The maximum Gasteiger partial charge on any atom is 0.328 e. The minimum Gasteiger partial charge on any atom is -0.464 e. The van der Waals surface area contributed by atoms with E-state index in [-0.39, 0.29) is 31.3 Å². The van der Waals surface area contributed by atoms with Crippen molar-refractivity contribution in [2.24, 2.45) is 23.3 Å². The van der Waals surface area contributed by atoms with Crippen molar-refractivity contribution in [3.8, 4) is 0 Å². The Balaban J connectivity index is 2.88. The van der Waals surface area contributed by atoms with Crippen molar-refractivity contribution in [3.05, 3.63) is 0 Å². The van der Waals surface area contributed by atoms with Crippen LogP contribution in [0.15, 0.2) is 0 Å². The smallest absolute Gasteiger partial charge is 0.328 e. The first kappa shape index (κ1) is 33.3. The van der Waals surface area contributed by atoms with Crippen LogP contribution < -0.4 is 27.4 Å². The van der Waals surface area contributed by atoms with Crippen molar-refractivity contribution in [2.45, 2.75) is 109 Å². The second-order valence-corrected chi connectivity index (χ2v) is 10.4. The number of aliphatic hydroxyl groups excluding tert-OH is 1. The maximum absolute atomic E-state index is 13.0. The predicted molar refractivity (Wildman–Crippen MR) is 141 cm³/mol. The number of aliphatic hydroxyl groups is 1. The van der Waals surface area contributed by atoms with Gasteiger partial charge in [0.1, 0.15) is 18.1 Å². The minimum atomic E-state index is -1.40. The first-order valence-electron chi connectivity index (χ1n) is 13.7. The van der Waals surface area contributed by atoms with Crippen LogP contribution in [0, 0.1) is 11.8 Å². The van der Waals surface area contributed by atoms with Gasteiger partial charge in [0, 0.05) is 6.42 Å². The molecule has 4 atom stereocenters. The molecule has 0 spiro atoms. The Morgan fingerprint density at radius 1 is 0.921 bits per heavy atom. The van der Waals surface area contributed by atoms with Crippen LogP contribution in [0.2, 0.25) is 0 Å². The zero-order valence-electron chi connectivity index (χ0n) is 23.0. The summed E-state index contributed by atoms with van der Waals surface area (Å²) < 4.78 is 5.24. The Hall–Kier alpha value is -2.73.